The van der Waals surface area contributed by atoms with Crippen molar-refractivity contribution in [1.82, 2.24) is 0 Å². The predicted octanol–water partition coefficient (Wildman–Crippen LogP) is 3.86. The summed E-state index contributed by atoms with van der Waals surface area (Å²) < 4.78 is 0. The van der Waals surface area contributed by atoms with Crippen LogP contribution in [0.25, 0.3) is 0 Å². The smallest absolute Gasteiger partial charge is 0.0459 e. The van der Waals surface area contributed by atoms with Gasteiger partial charge in [0.15, 0.2) is 0 Å². The lowest BCUT2D eigenvalue weighted by molar-refractivity contribution is 0.394. The Morgan fingerprint density at radius 2 is 2.05 bits per heavy atom. The Kier molecular flexibility index (Phi) is 5.12. The molecule has 1 aliphatic rings. The molecule has 1 aromatic rings. The molecular formula is C16H25ClN2. The highest BCUT2D eigenvalue weighted by Crippen LogP contribution is 2.32. The number of nitrogens with zero attached hydrogens (tertiary/aromatic N) is 1. The van der Waals surface area contributed by atoms with E-state index in [0.29, 0.717) is 0 Å². The summed E-state index contributed by atoms with van der Waals surface area (Å²) in [6.07, 6.45) is 4.74. The van der Waals surface area contributed by atoms with Gasteiger partial charge in [0.05, 0.1) is 0 Å². The minimum atomic E-state index is 0.145. The Hall–Kier alpha value is -0.730. The molecule has 0 amide bonds. The highest BCUT2D eigenvalue weighted by molar-refractivity contribution is 6.31. The summed E-state index contributed by atoms with van der Waals surface area (Å²) in [5.74, 6) is 0.896. The van der Waals surface area contributed by atoms with Gasteiger partial charge < -0.3 is 10.6 Å². The quantitative estimate of drug-likeness (QED) is 0.907. The third-order valence-corrected chi connectivity index (χ3v) is 4.51. The molecule has 3 heteroatoms. The number of halogens is 1. The molecule has 1 aliphatic heterocycles. The molecule has 0 aliphatic carbocycles. The van der Waals surface area contributed by atoms with E-state index in [1.54, 1.807) is 0 Å². The minimum absolute atomic E-state index is 0.145. The van der Waals surface area contributed by atoms with E-state index in [2.05, 4.69) is 17.9 Å². The maximum absolute atomic E-state index is 6.37. The van der Waals surface area contributed by atoms with Crippen LogP contribution in [0.2, 0.25) is 5.02 Å². The second-order valence-electron chi connectivity index (χ2n) is 5.76. The lowest BCUT2D eigenvalue weighted by Gasteiger charge is -2.35. The van der Waals surface area contributed by atoms with E-state index in [9.17, 15) is 0 Å². The highest BCUT2D eigenvalue weighted by atomic mass is 35.5. The van der Waals surface area contributed by atoms with Crippen LogP contribution >= 0.6 is 11.6 Å². The zero-order valence-corrected chi connectivity index (χ0v) is 12.8. The van der Waals surface area contributed by atoms with Gasteiger partial charge in [0, 0.05) is 29.8 Å². The summed E-state index contributed by atoms with van der Waals surface area (Å²) in [6.45, 7) is 6.62. The Labute approximate surface area is 121 Å². The van der Waals surface area contributed by atoms with Gasteiger partial charge in [-0.25, -0.2) is 0 Å². The van der Waals surface area contributed by atoms with Gasteiger partial charge in [-0.15, -0.1) is 0 Å². The van der Waals surface area contributed by atoms with E-state index < -0.39 is 0 Å². The molecule has 1 atom stereocenters. The molecule has 0 bridgehead atoms. The van der Waals surface area contributed by atoms with Crippen molar-refractivity contribution in [2.24, 2.45) is 11.7 Å². The fourth-order valence-electron chi connectivity index (χ4n) is 2.95. The van der Waals surface area contributed by atoms with Gasteiger partial charge in [0.25, 0.3) is 0 Å². The molecule has 0 spiro atoms. The molecule has 1 aromatic carbocycles. The minimum Gasteiger partial charge on any atom is -0.371 e. The van der Waals surface area contributed by atoms with Gasteiger partial charge in [0.2, 0.25) is 0 Å². The summed E-state index contributed by atoms with van der Waals surface area (Å²) in [5.41, 5.74) is 8.47. The normalized spacial score (nSPS) is 18.6. The largest absolute Gasteiger partial charge is 0.371 e. The molecule has 0 radical (unpaired) electrons. The lowest BCUT2D eigenvalue weighted by Crippen LogP contribution is -2.34. The van der Waals surface area contributed by atoms with Crippen molar-refractivity contribution < 1.29 is 0 Å². The van der Waals surface area contributed by atoms with Gasteiger partial charge in [-0.1, -0.05) is 31.0 Å². The van der Waals surface area contributed by atoms with Gasteiger partial charge in [-0.3, -0.25) is 0 Å². The van der Waals surface area contributed by atoms with E-state index in [4.69, 9.17) is 17.3 Å². The molecule has 19 heavy (non-hydrogen) atoms. The lowest BCUT2D eigenvalue weighted by atomic mass is 9.93. The first-order valence-corrected chi connectivity index (χ1v) is 7.77. The number of hydrogen-bond acceptors (Lipinski definition) is 2. The molecule has 106 valence electrons. The second-order valence-corrected chi connectivity index (χ2v) is 6.16. The monoisotopic (exact) mass is 280 g/mol. The van der Waals surface area contributed by atoms with E-state index in [1.807, 2.05) is 19.1 Å². The predicted molar refractivity (Wildman–Crippen MR) is 84.0 cm³/mol. The van der Waals surface area contributed by atoms with Crippen LogP contribution in [0, 0.1) is 5.92 Å². The van der Waals surface area contributed by atoms with Crippen molar-refractivity contribution in [3.63, 3.8) is 0 Å². The first-order chi connectivity index (χ1) is 9.11. The van der Waals surface area contributed by atoms with E-state index in [-0.39, 0.29) is 6.04 Å². The van der Waals surface area contributed by atoms with Crippen molar-refractivity contribution in [3.05, 3.63) is 28.8 Å². The summed E-state index contributed by atoms with van der Waals surface area (Å²) >= 11 is 6.37. The zero-order valence-electron chi connectivity index (χ0n) is 12.0. The molecule has 2 N–H and O–H groups in total. The van der Waals surface area contributed by atoms with Crippen LogP contribution in [0.4, 0.5) is 5.69 Å². The van der Waals surface area contributed by atoms with Crippen LogP contribution < -0.4 is 10.6 Å². The number of rotatable bonds is 4. The van der Waals surface area contributed by atoms with E-state index in [1.165, 1.54) is 30.5 Å². The molecule has 0 aromatic heterocycles. The third-order valence-electron chi connectivity index (χ3n) is 4.15. The van der Waals surface area contributed by atoms with Gasteiger partial charge in [-0.2, -0.15) is 0 Å². The van der Waals surface area contributed by atoms with E-state index >= 15 is 0 Å². The molecule has 1 unspecified atom stereocenters. The summed E-state index contributed by atoms with van der Waals surface area (Å²) in [5, 5.41) is 0.854. The Morgan fingerprint density at radius 3 is 2.63 bits per heavy atom. The van der Waals surface area contributed by atoms with Crippen molar-refractivity contribution in [1.29, 1.82) is 0 Å². The summed E-state index contributed by atoms with van der Waals surface area (Å²) in [4.78, 5) is 2.48. The molecular weight excluding hydrogens is 256 g/mol. The molecule has 0 saturated carbocycles. The maximum Gasteiger partial charge on any atom is 0.0459 e. The Balaban J connectivity index is 2.17. The van der Waals surface area contributed by atoms with Gasteiger partial charge >= 0.3 is 0 Å². The summed E-state index contributed by atoms with van der Waals surface area (Å²) in [7, 11) is 0. The van der Waals surface area contributed by atoms with Gasteiger partial charge in [-0.05, 0) is 49.8 Å². The van der Waals surface area contributed by atoms with Gasteiger partial charge in [0.1, 0.15) is 0 Å². The van der Waals surface area contributed by atoms with Crippen molar-refractivity contribution in [2.45, 2.75) is 45.6 Å². The SMILES string of the molecule is CCC1CCN(c2cccc(Cl)c2CC(C)N)CC1. The number of benzene rings is 1. The Bertz CT molecular complexity index is 409. The molecule has 1 saturated heterocycles. The van der Waals surface area contributed by atoms with Crippen LogP contribution in [-0.2, 0) is 6.42 Å². The number of anilines is 1. The standard InChI is InChI=1S/C16H25ClN2/c1-3-13-7-9-19(10-8-13)16-6-4-5-15(17)14(16)11-12(2)18/h4-6,12-13H,3,7-11,18H2,1-2H3. The first kappa shape index (κ1) is 14.7. The van der Waals surface area contributed by atoms with Crippen LogP contribution in [0.15, 0.2) is 18.2 Å². The second kappa shape index (κ2) is 6.62. The number of piperidine rings is 1. The Morgan fingerprint density at radius 1 is 1.37 bits per heavy atom. The maximum atomic E-state index is 6.37. The average molecular weight is 281 g/mol. The first-order valence-electron chi connectivity index (χ1n) is 7.39. The molecule has 1 heterocycles. The topological polar surface area (TPSA) is 29.3 Å². The van der Waals surface area contributed by atoms with Crippen LogP contribution in [-0.4, -0.2) is 19.1 Å². The molecule has 2 rings (SSSR count). The van der Waals surface area contributed by atoms with E-state index in [0.717, 1.165) is 30.5 Å². The zero-order chi connectivity index (χ0) is 13.8. The summed E-state index contributed by atoms with van der Waals surface area (Å²) in [6, 6.07) is 6.36. The molecule has 2 nitrogen and oxygen atoms in total. The fraction of sp³-hybridized carbons (Fsp3) is 0.625. The third kappa shape index (κ3) is 3.64. The van der Waals surface area contributed by atoms with Crippen LogP contribution in [0.5, 0.6) is 0 Å². The van der Waals surface area contributed by atoms with Crippen LogP contribution in [0.3, 0.4) is 0 Å². The highest BCUT2D eigenvalue weighted by Gasteiger charge is 2.21. The number of hydrogen-bond donors (Lipinski definition) is 1. The number of nitrogens with two attached hydrogens (primary N) is 1. The molecule has 1 fully saturated rings. The van der Waals surface area contributed by atoms with Crippen molar-refractivity contribution >= 4 is 17.3 Å². The van der Waals surface area contributed by atoms with Crippen LogP contribution in [0.1, 0.15) is 38.7 Å². The van der Waals surface area contributed by atoms with Crippen molar-refractivity contribution in [3.8, 4) is 0 Å². The van der Waals surface area contributed by atoms with Crippen molar-refractivity contribution in [2.75, 3.05) is 18.0 Å². The average Bonchev–Trinajstić information content (AvgIpc) is 2.41. The fourth-order valence-corrected chi connectivity index (χ4v) is 3.20.